The van der Waals surface area contributed by atoms with Crippen molar-refractivity contribution >= 4 is 32.4 Å². The Hall–Kier alpha value is -2.08. The van der Waals surface area contributed by atoms with Gasteiger partial charge in [-0.25, -0.2) is 8.42 Å². The van der Waals surface area contributed by atoms with Crippen molar-refractivity contribution in [2.75, 3.05) is 17.4 Å². The number of hydrogen-bond donors (Lipinski definition) is 1. The molecule has 1 amide bonds. The van der Waals surface area contributed by atoms with Gasteiger partial charge in [0.1, 0.15) is 0 Å². The predicted molar refractivity (Wildman–Crippen MR) is 114 cm³/mol. The molecule has 0 spiro atoms. The lowest BCUT2D eigenvalue weighted by molar-refractivity contribution is -0.121. The van der Waals surface area contributed by atoms with Crippen molar-refractivity contribution in [1.82, 2.24) is 5.32 Å². The van der Waals surface area contributed by atoms with E-state index in [0.717, 1.165) is 29.3 Å². The number of anilines is 1. The molecule has 5 nitrogen and oxygen atoms in total. The molecule has 0 fully saturated rings. The second kappa shape index (κ2) is 8.95. The summed E-state index contributed by atoms with van der Waals surface area (Å²) in [7, 11) is -3.53. The molecule has 1 unspecified atom stereocenters. The van der Waals surface area contributed by atoms with Crippen molar-refractivity contribution in [2.24, 2.45) is 5.92 Å². The van der Waals surface area contributed by atoms with Gasteiger partial charge in [-0.3, -0.25) is 9.10 Å². The van der Waals surface area contributed by atoms with Crippen molar-refractivity contribution in [1.29, 1.82) is 0 Å². The lowest BCUT2D eigenvalue weighted by Gasteiger charge is -2.19. The molecular weight excluding hydrogens is 372 g/mol. The average Bonchev–Trinajstić information content (AvgIpc) is 2.91. The minimum absolute atomic E-state index is 0.00210. The van der Waals surface area contributed by atoms with E-state index < -0.39 is 10.0 Å². The minimum atomic E-state index is -3.53. The number of unbranched alkanes of at least 4 members (excludes halogenated alkanes) is 1. The highest BCUT2D eigenvalue weighted by atomic mass is 32.2. The maximum Gasteiger partial charge on any atom is 0.265 e. The first-order chi connectivity index (χ1) is 13.5. The third kappa shape index (κ3) is 4.17. The van der Waals surface area contributed by atoms with E-state index in [1.165, 1.54) is 17.1 Å². The van der Waals surface area contributed by atoms with Crippen LogP contribution in [0, 0.1) is 5.92 Å². The molecule has 1 atom stereocenters. The van der Waals surface area contributed by atoms with Crippen LogP contribution in [0.1, 0.15) is 52.4 Å². The number of nitrogens with zero attached hydrogens (tertiary/aromatic N) is 1. The van der Waals surface area contributed by atoms with Crippen LogP contribution in [-0.2, 0) is 14.8 Å². The lowest BCUT2D eigenvalue weighted by atomic mass is 9.99. The summed E-state index contributed by atoms with van der Waals surface area (Å²) in [4.78, 5) is 12.6. The van der Waals surface area contributed by atoms with Crippen LogP contribution in [0.3, 0.4) is 0 Å². The van der Waals surface area contributed by atoms with Crippen molar-refractivity contribution in [3.63, 3.8) is 0 Å². The topological polar surface area (TPSA) is 66.5 Å². The van der Waals surface area contributed by atoms with Gasteiger partial charge in [0.15, 0.2) is 0 Å². The number of nitrogens with one attached hydrogen (secondary N) is 1. The van der Waals surface area contributed by atoms with Gasteiger partial charge in [0.05, 0.1) is 10.6 Å². The largest absolute Gasteiger partial charge is 0.356 e. The Labute approximate surface area is 168 Å². The van der Waals surface area contributed by atoms with Gasteiger partial charge in [-0.1, -0.05) is 57.4 Å². The number of carbonyl (C=O) groups excluding carboxylic acids is 1. The number of rotatable bonds is 10. The van der Waals surface area contributed by atoms with Crippen LogP contribution in [-0.4, -0.2) is 27.4 Å². The van der Waals surface area contributed by atoms with Crippen LogP contribution in [0.2, 0.25) is 0 Å². The summed E-state index contributed by atoms with van der Waals surface area (Å²) in [6.45, 7) is 5.36. The van der Waals surface area contributed by atoms with Crippen LogP contribution in [0.5, 0.6) is 0 Å². The molecule has 0 aliphatic carbocycles. The predicted octanol–water partition coefficient (Wildman–Crippen LogP) is 4.46. The number of hydrogen-bond acceptors (Lipinski definition) is 3. The van der Waals surface area contributed by atoms with Gasteiger partial charge < -0.3 is 5.32 Å². The van der Waals surface area contributed by atoms with E-state index in [1.807, 2.05) is 24.3 Å². The summed E-state index contributed by atoms with van der Waals surface area (Å²) >= 11 is 0. The van der Waals surface area contributed by atoms with Gasteiger partial charge in [0.25, 0.3) is 10.0 Å². The van der Waals surface area contributed by atoms with Gasteiger partial charge in [-0.05, 0) is 36.3 Å². The first-order valence-corrected chi connectivity index (χ1v) is 11.7. The zero-order valence-electron chi connectivity index (χ0n) is 16.8. The van der Waals surface area contributed by atoms with Gasteiger partial charge in [0.2, 0.25) is 5.91 Å². The Balaban J connectivity index is 1.57. The lowest BCUT2D eigenvalue weighted by Crippen LogP contribution is -2.31. The van der Waals surface area contributed by atoms with Crippen LogP contribution < -0.4 is 9.62 Å². The van der Waals surface area contributed by atoms with Crippen LogP contribution in [0.25, 0.3) is 10.8 Å². The van der Waals surface area contributed by atoms with Gasteiger partial charge in [-0.2, -0.15) is 0 Å². The highest BCUT2D eigenvalue weighted by Crippen LogP contribution is 2.41. The second-order valence-electron chi connectivity index (χ2n) is 7.53. The molecule has 1 aliphatic rings. The Morgan fingerprint density at radius 2 is 1.86 bits per heavy atom. The molecule has 0 saturated carbocycles. The summed E-state index contributed by atoms with van der Waals surface area (Å²) < 4.78 is 27.3. The minimum Gasteiger partial charge on any atom is -0.356 e. The summed E-state index contributed by atoms with van der Waals surface area (Å²) in [5.41, 5.74) is 0.721. The Morgan fingerprint density at radius 3 is 2.57 bits per heavy atom. The molecular formula is C22H30N2O3S. The van der Waals surface area contributed by atoms with E-state index in [-0.39, 0.29) is 5.91 Å². The van der Waals surface area contributed by atoms with Gasteiger partial charge in [-0.15, -0.1) is 0 Å². The van der Waals surface area contributed by atoms with Crippen molar-refractivity contribution < 1.29 is 13.2 Å². The summed E-state index contributed by atoms with van der Waals surface area (Å²) in [6, 6.07) is 11.0. The number of amides is 1. The summed E-state index contributed by atoms with van der Waals surface area (Å²) in [5.74, 6) is 0.525. The fourth-order valence-corrected chi connectivity index (χ4v) is 5.62. The molecule has 3 rings (SSSR count). The average molecular weight is 403 g/mol. The highest BCUT2D eigenvalue weighted by Gasteiger charge is 2.34. The monoisotopic (exact) mass is 402 g/mol. The maximum absolute atomic E-state index is 12.9. The van der Waals surface area contributed by atoms with Crippen molar-refractivity contribution in [3.05, 3.63) is 36.4 Å². The third-order valence-electron chi connectivity index (χ3n) is 5.58. The van der Waals surface area contributed by atoms with Crippen LogP contribution in [0.4, 0.5) is 5.69 Å². The van der Waals surface area contributed by atoms with E-state index >= 15 is 0 Å². The zero-order valence-corrected chi connectivity index (χ0v) is 17.6. The summed E-state index contributed by atoms with van der Waals surface area (Å²) in [6.07, 6.45) is 5.40. The Kier molecular flexibility index (Phi) is 6.60. The molecule has 2 aromatic rings. The fourth-order valence-electron chi connectivity index (χ4n) is 3.87. The van der Waals surface area contributed by atoms with E-state index in [2.05, 4.69) is 19.2 Å². The first-order valence-electron chi connectivity index (χ1n) is 10.3. The van der Waals surface area contributed by atoms with E-state index in [0.29, 0.717) is 36.7 Å². The van der Waals surface area contributed by atoms with Crippen LogP contribution in [0.15, 0.2) is 41.3 Å². The molecule has 1 N–H and O–H groups in total. The van der Waals surface area contributed by atoms with Gasteiger partial charge >= 0.3 is 0 Å². The van der Waals surface area contributed by atoms with Crippen molar-refractivity contribution in [3.8, 4) is 0 Å². The molecule has 6 heteroatoms. The molecule has 0 aromatic heterocycles. The van der Waals surface area contributed by atoms with Crippen LogP contribution >= 0.6 is 0 Å². The third-order valence-corrected chi connectivity index (χ3v) is 7.43. The standard InChI is InChI=1S/C22H30N2O3S/c1-3-5-9-17(4-2)16-23-21(25)14-8-15-24-19-12-6-10-18-11-7-13-20(22(18)19)28(24,26)27/h6-7,10-13,17H,3-5,8-9,14-16H2,1-2H3,(H,23,25). The first kappa shape index (κ1) is 20.6. The normalized spacial score (nSPS) is 15.7. The Morgan fingerprint density at radius 1 is 1.11 bits per heavy atom. The SMILES string of the molecule is CCCCC(CC)CNC(=O)CCCN1c2cccc3cccc(c23)S1(=O)=O. The number of sulfonamides is 1. The molecule has 0 radical (unpaired) electrons. The number of benzene rings is 2. The maximum atomic E-state index is 12.9. The molecule has 0 bridgehead atoms. The molecule has 2 aromatic carbocycles. The Bertz CT molecular complexity index is 935. The molecule has 1 aliphatic heterocycles. The van der Waals surface area contributed by atoms with E-state index in [9.17, 15) is 13.2 Å². The van der Waals surface area contributed by atoms with Gasteiger partial charge in [0, 0.05) is 24.9 Å². The molecule has 152 valence electrons. The fraction of sp³-hybridized carbons (Fsp3) is 0.500. The quantitative estimate of drug-likeness (QED) is 0.638. The van der Waals surface area contributed by atoms with E-state index in [4.69, 9.17) is 0 Å². The molecule has 28 heavy (non-hydrogen) atoms. The van der Waals surface area contributed by atoms with E-state index in [1.54, 1.807) is 12.1 Å². The molecule has 0 saturated heterocycles. The zero-order chi connectivity index (χ0) is 20.1. The second-order valence-corrected chi connectivity index (χ2v) is 9.36. The summed E-state index contributed by atoms with van der Waals surface area (Å²) in [5, 5.41) is 4.73. The highest BCUT2D eigenvalue weighted by molar-refractivity contribution is 7.93. The smallest absolute Gasteiger partial charge is 0.265 e. The van der Waals surface area contributed by atoms with Crippen molar-refractivity contribution in [2.45, 2.75) is 57.3 Å². The number of carbonyl (C=O) groups is 1. The molecule has 1 heterocycles.